The molecule has 0 atom stereocenters. The van der Waals surface area contributed by atoms with Gasteiger partial charge in [0.1, 0.15) is 24.7 Å². The Labute approximate surface area is 175 Å². The molecule has 0 radical (unpaired) electrons. The molecule has 1 heterocycles. The summed E-state index contributed by atoms with van der Waals surface area (Å²) in [6.07, 6.45) is 1.48. The number of carbonyl (C=O) groups is 3. The van der Waals surface area contributed by atoms with Crippen molar-refractivity contribution in [3.63, 3.8) is 0 Å². The van der Waals surface area contributed by atoms with E-state index in [1.54, 1.807) is 36.4 Å². The molecule has 2 aromatic rings. The van der Waals surface area contributed by atoms with Crippen molar-refractivity contribution in [2.75, 3.05) is 19.8 Å². The van der Waals surface area contributed by atoms with E-state index in [1.807, 2.05) is 19.1 Å². The molecule has 1 aliphatic heterocycles. The number of esters is 1. The number of hydrogen-bond acceptors (Lipinski definition) is 6. The smallest absolute Gasteiger partial charge is 0.338 e. The molecule has 2 aromatic carbocycles. The third-order valence-electron chi connectivity index (χ3n) is 4.57. The van der Waals surface area contributed by atoms with Crippen LogP contribution in [0, 0.1) is 0 Å². The number of benzene rings is 2. The van der Waals surface area contributed by atoms with E-state index in [1.165, 1.54) is 4.90 Å². The lowest BCUT2D eigenvalue weighted by atomic mass is 10.1. The highest BCUT2D eigenvalue weighted by molar-refractivity contribution is 6.01. The molecule has 0 aromatic heterocycles. The van der Waals surface area contributed by atoms with Crippen molar-refractivity contribution in [3.8, 4) is 11.5 Å². The number of carbonyl (C=O) groups excluding carboxylic acids is 3. The van der Waals surface area contributed by atoms with Gasteiger partial charge in [-0.25, -0.2) is 4.79 Å². The number of hydrogen-bond donors (Lipinski definition) is 0. The molecule has 3 rings (SSSR count). The van der Waals surface area contributed by atoms with E-state index >= 15 is 0 Å². The van der Waals surface area contributed by atoms with Crippen molar-refractivity contribution in [2.24, 2.45) is 0 Å². The summed E-state index contributed by atoms with van der Waals surface area (Å²) in [5, 5.41) is 0. The highest BCUT2D eigenvalue weighted by Gasteiger charge is 2.28. The fourth-order valence-electron chi connectivity index (χ4n) is 2.96. The van der Waals surface area contributed by atoms with Crippen LogP contribution in [-0.4, -0.2) is 42.5 Å². The Balaban J connectivity index is 1.40. The first-order valence-corrected chi connectivity index (χ1v) is 10.0. The molecule has 0 bridgehead atoms. The van der Waals surface area contributed by atoms with Crippen LogP contribution >= 0.6 is 0 Å². The fourth-order valence-corrected chi connectivity index (χ4v) is 2.96. The summed E-state index contributed by atoms with van der Waals surface area (Å²) in [4.78, 5) is 36.8. The van der Waals surface area contributed by atoms with Gasteiger partial charge in [0.05, 0.1) is 18.7 Å². The Morgan fingerprint density at radius 2 is 1.40 bits per heavy atom. The van der Waals surface area contributed by atoms with Gasteiger partial charge >= 0.3 is 5.97 Å². The van der Waals surface area contributed by atoms with E-state index in [9.17, 15) is 14.4 Å². The zero-order chi connectivity index (χ0) is 21.3. The largest absolute Gasteiger partial charge is 0.494 e. The Bertz CT molecular complexity index is 860. The molecule has 30 heavy (non-hydrogen) atoms. The van der Waals surface area contributed by atoms with Crippen LogP contribution in [0.25, 0.3) is 0 Å². The summed E-state index contributed by atoms with van der Waals surface area (Å²) in [5.74, 6) is 0.683. The van der Waals surface area contributed by atoms with Gasteiger partial charge in [-0.1, -0.05) is 19.1 Å². The number of likely N-dealkylation sites (tertiary alicyclic amines) is 1. The lowest BCUT2D eigenvalue weighted by Crippen LogP contribution is -2.28. The van der Waals surface area contributed by atoms with E-state index in [2.05, 4.69) is 0 Å². The van der Waals surface area contributed by atoms with Crippen LogP contribution < -0.4 is 9.47 Å². The van der Waals surface area contributed by atoms with Gasteiger partial charge < -0.3 is 14.2 Å². The molecular weight excluding hydrogens is 386 g/mol. The average Bonchev–Trinajstić information content (AvgIpc) is 3.08. The van der Waals surface area contributed by atoms with Crippen LogP contribution in [0.5, 0.6) is 11.5 Å². The third kappa shape index (κ3) is 5.83. The molecule has 0 saturated carbocycles. The molecule has 2 amide bonds. The normalized spacial score (nSPS) is 13.4. The van der Waals surface area contributed by atoms with Crippen molar-refractivity contribution in [3.05, 3.63) is 59.7 Å². The van der Waals surface area contributed by atoms with Crippen LogP contribution in [-0.2, 0) is 20.9 Å². The van der Waals surface area contributed by atoms with Gasteiger partial charge in [0.25, 0.3) is 0 Å². The predicted molar refractivity (Wildman–Crippen MR) is 109 cm³/mol. The number of ether oxygens (including phenoxy) is 3. The van der Waals surface area contributed by atoms with E-state index < -0.39 is 5.97 Å². The molecule has 158 valence electrons. The first kappa shape index (κ1) is 21.4. The molecular formula is C23H25NO6. The lowest BCUT2D eigenvalue weighted by molar-refractivity contribution is -0.139. The van der Waals surface area contributed by atoms with Crippen LogP contribution in [0.2, 0.25) is 0 Å². The number of rotatable bonds is 10. The molecule has 0 aliphatic carbocycles. The molecule has 1 saturated heterocycles. The standard InChI is InChI=1S/C23H25NO6/c1-2-13-28-19-7-9-20(10-8-19)29-14-15-30-23(27)18-5-3-17(4-6-18)16-24-21(25)11-12-22(24)26/h3-10H,2,11-16H2,1H3. The average molecular weight is 411 g/mol. The van der Waals surface area contributed by atoms with Gasteiger partial charge in [-0.15, -0.1) is 0 Å². The second-order valence-electron chi connectivity index (χ2n) is 6.87. The van der Waals surface area contributed by atoms with E-state index in [0.29, 0.717) is 17.9 Å². The van der Waals surface area contributed by atoms with Crippen molar-refractivity contribution < 1.29 is 28.6 Å². The minimum absolute atomic E-state index is 0.117. The summed E-state index contributed by atoms with van der Waals surface area (Å²) >= 11 is 0. The van der Waals surface area contributed by atoms with Gasteiger partial charge in [0.2, 0.25) is 11.8 Å². The zero-order valence-electron chi connectivity index (χ0n) is 17.0. The number of amides is 2. The maximum absolute atomic E-state index is 12.1. The van der Waals surface area contributed by atoms with E-state index in [4.69, 9.17) is 14.2 Å². The highest BCUT2D eigenvalue weighted by atomic mass is 16.6. The molecule has 7 nitrogen and oxygen atoms in total. The predicted octanol–water partition coefficient (Wildman–Crippen LogP) is 3.36. The van der Waals surface area contributed by atoms with Crippen LogP contribution in [0.15, 0.2) is 48.5 Å². The molecule has 0 spiro atoms. The first-order valence-electron chi connectivity index (χ1n) is 10.0. The fraction of sp³-hybridized carbons (Fsp3) is 0.348. The summed E-state index contributed by atoms with van der Waals surface area (Å²) in [6.45, 7) is 3.30. The second kappa shape index (κ2) is 10.4. The molecule has 7 heteroatoms. The van der Waals surface area contributed by atoms with Crippen LogP contribution in [0.3, 0.4) is 0 Å². The minimum atomic E-state index is -0.457. The van der Waals surface area contributed by atoms with Crippen molar-refractivity contribution in [1.82, 2.24) is 4.90 Å². The van der Waals surface area contributed by atoms with E-state index in [0.717, 1.165) is 17.7 Å². The Morgan fingerprint density at radius 3 is 1.97 bits per heavy atom. The highest BCUT2D eigenvalue weighted by Crippen LogP contribution is 2.18. The Hall–Kier alpha value is -3.35. The number of nitrogens with zero attached hydrogens (tertiary/aromatic N) is 1. The summed E-state index contributed by atoms with van der Waals surface area (Å²) in [7, 11) is 0. The monoisotopic (exact) mass is 411 g/mol. The quantitative estimate of drug-likeness (QED) is 0.339. The summed E-state index contributed by atoms with van der Waals surface area (Å²) in [5.41, 5.74) is 1.18. The van der Waals surface area contributed by atoms with Crippen LogP contribution in [0.1, 0.15) is 42.1 Å². The molecule has 0 N–H and O–H groups in total. The van der Waals surface area contributed by atoms with Crippen molar-refractivity contribution >= 4 is 17.8 Å². The second-order valence-corrected chi connectivity index (χ2v) is 6.87. The maximum atomic E-state index is 12.1. The van der Waals surface area contributed by atoms with Gasteiger partial charge in [0.15, 0.2) is 0 Å². The summed E-state index contributed by atoms with van der Waals surface area (Å²) < 4.78 is 16.3. The topological polar surface area (TPSA) is 82.1 Å². The van der Waals surface area contributed by atoms with Gasteiger partial charge in [-0.05, 0) is 48.4 Å². The van der Waals surface area contributed by atoms with Gasteiger partial charge in [-0.2, -0.15) is 0 Å². The van der Waals surface area contributed by atoms with Gasteiger partial charge in [0, 0.05) is 12.8 Å². The summed E-state index contributed by atoms with van der Waals surface area (Å²) in [6, 6.07) is 14.0. The molecule has 1 aliphatic rings. The van der Waals surface area contributed by atoms with E-state index in [-0.39, 0.29) is 44.4 Å². The number of imide groups is 1. The Kier molecular flexibility index (Phi) is 7.43. The minimum Gasteiger partial charge on any atom is -0.494 e. The van der Waals surface area contributed by atoms with Crippen molar-refractivity contribution in [2.45, 2.75) is 32.7 Å². The van der Waals surface area contributed by atoms with Crippen molar-refractivity contribution in [1.29, 1.82) is 0 Å². The third-order valence-corrected chi connectivity index (χ3v) is 4.57. The van der Waals surface area contributed by atoms with Gasteiger partial charge in [-0.3, -0.25) is 14.5 Å². The lowest BCUT2D eigenvalue weighted by Gasteiger charge is -2.14. The molecule has 0 unspecified atom stereocenters. The maximum Gasteiger partial charge on any atom is 0.338 e. The zero-order valence-corrected chi connectivity index (χ0v) is 17.0. The van der Waals surface area contributed by atoms with Crippen LogP contribution in [0.4, 0.5) is 0 Å². The first-order chi connectivity index (χ1) is 14.6. The molecule has 1 fully saturated rings. The SMILES string of the molecule is CCCOc1ccc(OCCOC(=O)c2ccc(CN3C(=O)CCC3=O)cc2)cc1. The Morgan fingerprint density at radius 1 is 0.833 bits per heavy atom.